The van der Waals surface area contributed by atoms with Crippen LogP contribution in [-0.4, -0.2) is 0 Å². The second-order valence-corrected chi connectivity index (χ2v) is 2.96. The van der Waals surface area contributed by atoms with Crippen LogP contribution in [0, 0.1) is 20.4 Å². The number of nitrogens with two attached hydrogens (primary N) is 1. The molecular formula is C10H12N2. The zero-order valence-corrected chi connectivity index (χ0v) is 7.39. The van der Waals surface area contributed by atoms with Gasteiger partial charge in [0.25, 0.3) is 0 Å². The van der Waals surface area contributed by atoms with E-state index in [1.165, 1.54) is 0 Å². The van der Waals surface area contributed by atoms with Gasteiger partial charge < -0.3 is 10.6 Å². The number of benzene rings is 1. The van der Waals surface area contributed by atoms with Gasteiger partial charge in [-0.25, -0.2) is 6.57 Å². The summed E-state index contributed by atoms with van der Waals surface area (Å²) in [5, 5.41) is 0. The van der Waals surface area contributed by atoms with Crippen LogP contribution in [0.25, 0.3) is 4.85 Å². The summed E-state index contributed by atoms with van der Waals surface area (Å²) in [5.41, 5.74) is 9.78. The zero-order chi connectivity index (χ0) is 9.14. The van der Waals surface area contributed by atoms with Crippen LogP contribution in [0.4, 0.5) is 5.69 Å². The van der Waals surface area contributed by atoms with Crippen molar-refractivity contribution in [2.45, 2.75) is 20.4 Å². The maximum absolute atomic E-state index is 6.73. The molecule has 1 aromatic rings. The number of rotatable bonds is 1. The minimum atomic E-state index is 0.446. The summed E-state index contributed by atoms with van der Waals surface area (Å²) in [5.74, 6) is 0. The van der Waals surface area contributed by atoms with Crippen molar-refractivity contribution >= 4 is 5.69 Å². The van der Waals surface area contributed by atoms with Crippen LogP contribution < -0.4 is 5.73 Å². The molecule has 0 heterocycles. The molecular weight excluding hydrogens is 148 g/mol. The summed E-state index contributed by atoms with van der Waals surface area (Å²) in [6.45, 7) is 11.1. The summed E-state index contributed by atoms with van der Waals surface area (Å²) >= 11 is 0. The average Bonchev–Trinajstić information content (AvgIpc) is 2.01. The summed E-state index contributed by atoms with van der Waals surface area (Å²) in [4.78, 5) is 3.33. The molecule has 0 spiro atoms. The van der Waals surface area contributed by atoms with E-state index in [0.29, 0.717) is 6.54 Å². The second-order valence-electron chi connectivity index (χ2n) is 2.96. The Morgan fingerprint density at radius 3 is 2.25 bits per heavy atom. The fraction of sp³-hybridized carbons (Fsp3) is 0.300. The number of anilines is 1. The van der Waals surface area contributed by atoms with E-state index in [4.69, 9.17) is 12.3 Å². The zero-order valence-electron chi connectivity index (χ0n) is 7.39. The largest absolute Gasteiger partial charge is 0.398 e. The fourth-order valence-corrected chi connectivity index (χ4v) is 1.25. The average molecular weight is 160 g/mol. The van der Waals surface area contributed by atoms with E-state index in [1.54, 1.807) is 0 Å². The molecule has 0 saturated heterocycles. The molecule has 2 N–H and O–H groups in total. The van der Waals surface area contributed by atoms with Crippen molar-refractivity contribution in [3.63, 3.8) is 0 Å². The summed E-state index contributed by atoms with van der Waals surface area (Å²) < 4.78 is 0. The highest BCUT2D eigenvalue weighted by atomic mass is 14.6. The van der Waals surface area contributed by atoms with Crippen LogP contribution in [0.15, 0.2) is 12.1 Å². The first-order valence-corrected chi connectivity index (χ1v) is 3.84. The molecule has 2 heteroatoms. The third-order valence-corrected chi connectivity index (χ3v) is 1.92. The Morgan fingerprint density at radius 2 is 1.83 bits per heavy atom. The molecule has 0 amide bonds. The molecule has 0 bridgehead atoms. The van der Waals surface area contributed by atoms with Gasteiger partial charge in [0.05, 0.1) is 0 Å². The third-order valence-electron chi connectivity index (χ3n) is 1.92. The number of nitrogen functional groups attached to an aromatic ring is 1. The van der Waals surface area contributed by atoms with Crippen molar-refractivity contribution < 1.29 is 0 Å². The van der Waals surface area contributed by atoms with Gasteiger partial charge >= 0.3 is 0 Å². The van der Waals surface area contributed by atoms with Gasteiger partial charge in [-0.3, -0.25) is 0 Å². The van der Waals surface area contributed by atoms with Crippen LogP contribution in [0.5, 0.6) is 0 Å². The first kappa shape index (κ1) is 8.61. The highest BCUT2D eigenvalue weighted by Crippen LogP contribution is 2.18. The maximum atomic E-state index is 6.73. The van der Waals surface area contributed by atoms with Gasteiger partial charge in [-0.05, 0) is 37.1 Å². The van der Waals surface area contributed by atoms with Gasteiger partial charge in [-0.15, -0.1) is 0 Å². The molecule has 1 aromatic carbocycles. The molecule has 0 atom stereocenters. The second kappa shape index (κ2) is 3.27. The van der Waals surface area contributed by atoms with Gasteiger partial charge in [0, 0.05) is 11.3 Å². The Bertz CT molecular complexity index is 311. The molecule has 0 aliphatic carbocycles. The predicted molar refractivity (Wildman–Crippen MR) is 50.6 cm³/mol. The number of aryl methyl sites for hydroxylation is 2. The van der Waals surface area contributed by atoms with E-state index < -0.39 is 0 Å². The molecule has 0 aliphatic heterocycles. The number of hydrogen-bond donors (Lipinski definition) is 1. The minimum Gasteiger partial charge on any atom is -0.398 e. The SMILES string of the molecule is [C-]#[N+]Cc1cc(C)c(N)c(C)c1. The molecule has 0 unspecified atom stereocenters. The van der Waals surface area contributed by atoms with Crippen molar-refractivity contribution in [1.82, 2.24) is 0 Å². The van der Waals surface area contributed by atoms with Crippen molar-refractivity contribution in [3.05, 3.63) is 40.2 Å². The summed E-state index contributed by atoms with van der Waals surface area (Å²) in [7, 11) is 0. The number of hydrogen-bond acceptors (Lipinski definition) is 1. The van der Waals surface area contributed by atoms with E-state index in [2.05, 4.69) is 4.85 Å². The Morgan fingerprint density at radius 1 is 1.33 bits per heavy atom. The third kappa shape index (κ3) is 1.57. The highest BCUT2D eigenvalue weighted by molar-refractivity contribution is 5.54. The summed E-state index contributed by atoms with van der Waals surface area (Å²) in [6.07, 6.45) is 0. The monoisotopic (exact) mass is 160 g/mol. The van der Waals surface area contributed by atoms with Gasteiger partial charge in [-0.1, -0.05) is 0 Å². The first-order valence-electron chi connectivity index (χ1n) is 3.84. The molecule has 1 rings (SSSR count). The van der Waals surface area contributed by atoms with Crippen LogP contribution in [0.3, 0.4) is 0 Å². The summed E-state index contributed by atoms with van der Waals surface area (Å²) in [6, 6.07) is 3.95. The highest BCUT2D eigenvalue weighted by Gasteiger charge is 2.02. The Kier molecular flexibility index (Phi) is 2.35. The lowest BCUT2D eigenvalue weighted by atomic mass is 10.1. The number of nitrogens with zero attached hydrogens (tertiary/aromatic N) is 1. The molecule has 2 nitrogen and oxygen atoms in total. The maximum Gasteiger partial charge on any atom is 0.239 e. The fourth-order valence-electron chi connectivity index (χ4n) is 1.25. The van der Waals surface area contributed by atoms with Crippen molar-refractivity contribution in [1.29, 1.82) is 0 Å². The standard InChI is InChI=1S/C10H12N2/c1-7-4-9(6-12-3)5-8(2)10(7)11/h4-5H,6,11H2,1-2H3. The topological polar surface area (TPSA) is 30.4 Å². The quantitative estimate of drug-likeness (QED) is 0.496. The van der Waals surface area contributed by atoms with Crippen LogP contribution >= 0.6 is 0 Å². The molecule has 62 valence electrons. The van der Waals surface area contributed by atoms with Crippen LogP contribution in [0.1, 0.15) is 16.7 Å². The smallest absolute Gasteiger partial charge is 0.239 e. The van der Waals surface area contributed by atoms with E-state index in [-0.39, 0.29) is 0 Å². The lowest BCUT2D eigenvalue weighted by molar-refractivity contribution is 1.22. The van der Waals surface area contributed by atoms with Crippen LogP contribution in [0.2, 0.25) is 0 Å². The molecule has 0 saturated carbocycles. The normalized spacial score (nSPS) is 9.42. The van der Waals surface area contributed by atoms with Gasteiger partial charge in [0.1, 0.15) is 0 Å². The predicted octanol–water partition coefficient (Wildman–Crippen LogP) is 2.30. The molecule has 0 fully saturated rings. The van der Waals surface area contributed by atoms with Gasteiger partial charge in [0.2, 0.25) is 6.54 Å². The van der Waals surface area contributed by atoms with Crippen molar-refractivity contribution in [2.24, 2.45) is 0 Å². The van der Waals surface area contributed by atoms with E-state index in [1.807, 2.05) is 26.0 Å². The Labute approximate surface area is 72.8 Å². The van der Waals surface area contributed by atoms with E-state index in [9.17, 15) is 0 Å². The lowest BCUT2D eigenvalue weighted by Crippen LogP contribution is -1.95. The lowest BCUT2D eigenvalue weighted by Gasteiger charge is -2.04. The van der Waals surface area contributed by atoms with Crippen molar-refractivity contribution in [2.75, 3.05) is 5.73 Å². The molecule has 0 radical (unpaired) electrons. The van der Waals surface area contributed by atoms with Crippen molar-refractivity contribution in [3.8, 4) is 0 Å². The molecule has 0 aromatic heterocycles. The van der Waals surface area contributed by atoms with Gasteiger partial charge in [-0.2, -0.15) is 0 Å². The Balaban J connectivity index is 3.14. The molecule has 12 heavy (non-hydrogen) atoms. The van der Waals surface area contributed by atoms with Gasteiger partial charge in [0.15, 0.2) is 0 Å². The van der Waals surface area contributed by atoms with E-state index >= 15 is 0 Å². The van der Waals surface area contributed by atoms with Crippen LogP contribution in [-0.2, 0) is 6.54 Å². The first-order chi connectivity index (χ1) is 5.65. The minimum absolute atomic E-state index is 0.446. The molecule has 0 aliphatic rings. The Hall–Kier alpha value is -1.49. The van der Waals surface area contributed by atoms with E-state index in [0.717, 1.165) is 22.4 Å².